The Hall–Kier alpha value is -1.70. The molecule has 0 bridgehead atoms. The van der Waals surface area contributed by atoms with Gasteiger partial charge in [-0.1, -0.05) is 0 Å². The number of hydrogen-bond acceptors (Lipinski definition) is 1. The van der Waals surface area contributed by atoms with Gasteiger partial charge in [0.15, 0.2) is 11.4 Å². The number of alkyl halides is 12. The van der Waals surface area contributed by atoms with Gasteiger partial charge < -0.3 is 5.11 Å². The second-order valence-corrected chi connectivity index (χ2v) is 3.71. The number of rotatable bonds is 4. The average molecular weight is 376 g/mol. The maximum Gasteiger partial charge on any atom is 0.460 e. The maximum absolute atomic E-state index is 12.9. The first-order valence-corrected chi connectivity index (χ1v) is 4.63. The van der Waals surface area contributed by atoms with Crippen molar-refractivity contribution < 1.29 is 67.0 Å². The lowest BCUT2D eigenvalue weighted by molar-refractivity contribution is -0.391. The predicted octanol–water partition coefficient (Wildman–Crippen LogP) is 4.33. The number of carboxylic acids is 1. The smallest absolute Gasteiger partial charge is 0.460 e. The topological polar surface area (TPSA) is 37.3 Å². The van der Waals surface area contributed by atoms with Gasteiger partial charge in [0.25, 0.3) is 0 Å². The molecular weight excluding hydrogens is 375 g/mol. The zero-order chi connectivity index (χ0) is 19.2. The summed E-state index contributed by atoms with van der Waals surface area (Å²) in [6, 6.07) is 0. The van der Waals surface area contributed by atoms with E-state index in [1.165, 1.54) is 0 Å². The zero-order valence-corrected chi connectivity index (χ0v) is 9.77. The SMILES string of the molecule is O=C(O)C(=C(F)C(F)(F)C(F)(F)C(F)(F)C(F)(F)F)C(F)(F)F. The third-order valence-electron chi connectivity index (χ3n) is 2.14. The molecule has 0 aromatic heterocycles. The van der Waals surface area contributed by atoms with E-state index in [-0.39, 0.29) is 0 Å². The van der Waals surface area contributed by atoms with Crippen molar-refractivity contribution in [3.63, 3.8) is 0 Å². The molecule has 0 aromatic carbocycles. The van der Waals surface area contributed by atoms with Crippen LogP contribution in [0.15, 0.2) is 11.4 Å². The van der Waals surface area contributed by atoms with Crippen molar-refractivity contribution in [1.29, 1.82) is 0 Å². The lowest BCUT2D eigenvalue weighted by Gasteiger charge is -2.33. The molecule has 0 aliphatic heterocycles. The molecule has 0 atom stereocenters. The van der Waals surface area contributed by atoms with Crippen molar-refractivity contribution in [3.8, 4) is 0 Å². The molecule has 0 saturated heterocycles. The molecule has 0 unspecified atom stereocenters. The Morgan fingerprint density at radius 3 is 1.26 bits per heavy atom. The van der Waals surface area contributed by atoms with Crippen molar-refractivity contribution in [3.05, 3.63) is 11.4 Å². The molecule has 0 aromatic rings. The minimum Gasteiger partial charge on any atom is -0.478 e. The Balaban J connectivity index is 6.52. The van der Waals surface area contributed by atoms with Crippen molar-refractivity contribution in [2.75, 3.05) is 0 Å². The Bertz CT molecular complexity index is 509. The summed E-state index contributed by atoms with van der Waals surface area (Å²) >= 11 is 0. The van der Waals surface area contributed by atoms with Crippen LogP contribution in [0.2, 0.25) is 0 Å². The Labute approximate surface area is 116 Å². The normalized spacial score (nSPS) is 16.2. The first-order valence-electron chi connectivity index (χ1n) is 4.63. The molecule has 0 heterocycles. The number of hydrogen-bond donors (Lipinski definition) is 1. The molecule has 0 amide bonds. The highest BCUT2D eigenvalue weighted by atomic mass is 19.4. The lowest BCUT2D eigenvalue weighted by atomic mass is 10.00. The molecule has 0 rings (SSSR count). The van der Waals surface area contributed by atoms with E-state index < -0.39 is 47.5 Å². The van der Waals surface area contributed by atoms with Crippen LogP contribution in [0, 0.1) is 0 Å². The monoisotopic (exact) mass is 376 g/mol. The molecule has 0 fully saturated rings. The molecule has 0 aliphatic rings. The zero-order valence-electron chi connectivity index (χ0n) is 9.77. The minimum atomic E-state index is -7.76. The van der Waals surface area contributed by atoms with Crippen LogP contribution >= 0.6 is 0 Å². The van der Waals surface area contributed by atoms with E-state index in [2.05, 4.69) is 0 Å². The van der Waals surface area contributed by atoms with Crippen molar-refractivity contribution >= 4 is 5.97 Å². The number of carboxylic acid groups (broad SMARTS) is 1. The second-order valence-electron chi connectivity index (χ2n) is 3.71. The van der Waals surface area contributed by atoms with Gasteiger partial charge in [-0.3, -0.25) is 0 Å². The van der Waals surface area contributed by atoms with Crippen molar-refractivity contribution in [2.45, 2.75) is 30.1 Å². The van der Waals surface area contributed by atoms with Gasteiger partial charge in [-0.2, -0.15) is 52.7 Å². The van der Waals surface area contributed by atoms with Gasteiger partial charge in [0.1, 0.15) is 0 Å². The number of allylic oxidation sites excluding steroid dienone is 1. The van der Waals surface area contributed by atoms with E-state index in [1.54, 1.807) is 0 Å². The summed E-state index contributed by atoms with van der Waals surface area (Å²) in [6.07, 6.45) is -14.0. The molecule has 15 heteroatoms. The molecular formula is C8HF13O2. The molecule has 0 spiro atoms. The number of aliphatic carboxylic acids is 1. The Morgan fingerprint density at radius 2 is 1.04 bits per heavy atom. The van der Waals surface area contributed by atoms with Crippen molar-refractivity contribution in [2.24, 2.45) is 0 Å². The summed E-state index contributed by atoms with van der Waals surface area (Å²) in [5.41, 5.74) is -4.06. The molecule has 2 nitrogen and oxygen atoms in total. The fourth-order valence-electron chi connectivity index (χ4n) is 1.01. The third-order valence-corrected chi connectivity index (χ3v) is 2.14. The summed E-state index contributed by atoms with van der Waals surface area (Å²) < 4.78 is 160. The van der Waals surface area contributed by atoms with Gasteiger partial charge in [0.05, 0.1) is 0 Å². The molecule has 0 saturated carbocycles. The maximum atomic E-state index is 12.9. The number of halogens is 13. The summed E-state index contributed by atoms with van der Waals surface area (Å²) in [5, 5.41) is 7.87. The molecule has 1 N–H and O–H groups in total. The summed E-state index contributed by atoms with van der Waals surface area (Å²) in [6.45, 7) is 0. The quantitative estimate of drug-likeness (QED) is 0.586. The number of carbonyl (C=O) groups is 1. The van der Waals surface area contributed by atoms with Crippen LogP contribution < -0.4 is 0 Å². The van der Waals surface area contributed by atoms with Gasteiger partial charge >= 0.3 is 36.1 Å². The van der Waals surface area contributed by atoms with Crippen LogP contribution in [0.4, 0.5) is 57.1 Å². The molecule has 0 aliphatic carbocycles. The first kappa shape index (κ1) is 21.3. The van der Waals surface area contributed by atoms with Gasteiger partial charge in [0, 0.05) is 0 Å². The van der Waals surface area contributed by atoms with E-state index in [1.807, 2.05) is 0 Å². The second kappa shape index (κ2) is 5.43. The van der Waals surface area contributed by atoms with Gasteiger partial charge in [-0.15, -0.1) is 0 Å². The summed E-state index contributed by atoms with van der Waals surface area (Å²) in [7, 11) is 0. The fraction of sp³-hybridized carbons (Fsp3) is 0.625. The highest BCUT2D eigenvalue weighted by Gasteiger charge is 2.83. The Kier molecular flexibility index (Phi) is 5.03. The Morgan fingerprint density at radius 1 is 0.696 bits per heavy atom. The average Bonchev–Trinajstić information content (AvgIpc) is 2.23. The predicted molar refractivity (Wildman–Crippen MR) is 42.7 cm³/mol. The van der Waals surface area contributed by atoms with E-state index >= 15 is 0 Å². The van der Waals surface area contributed by atoms with Crippen LogP contribution in [0.3, 0.4) is 0 Å². The van der Waals surface area contributed by atoms with E-state index in [0.717, 1.165) is 0 Å². The van der Waals surface area contributed by atoms with Crippen LogP contribution in [0.25, 0.3) is 0 Å². The van der Waals surface area contributed by atoms with E-state index in [4.69, 9.17) is 5.11 Å². The largest absolute Gasteiger partial charge is 0.478 e. The summed E-state index contributed by atoms with van der Waals surface area (Å²) in [5.74, 6) is -31.2. The molecule has 136 valence electrons. The first-order chi connectivity index (χ1) is 9.73. The molecule has 0 radical (unpaired) electrons. The highest BCUT2D eigenvalue weighted by molar-refractivity contribution is 5.89. The summed E-state index contributed by atoms with van der Waals surface area (Å²) in [4.78, 5) is 10.0. The standard InChI is InChI=1S/C8HF13O2/c9-2(1(3(22)23)5(12,13)14)4(10,11)6(15,16)7(17,18)8(19,20)21/h(H,22,23). The van der Waals surface area contributed by atoms with Crippen molar-refractivity contribution in [1.82, 2.24) is 0 Å². The third kappa shape index (κ3) is 3.31. The van der Waals surface area contributed by atoms with E-state index in [9.17, 15) is 61.9 Å². The lowest BCUT2D eigenvalue weighted by Crippen LogP contribution is -2.61. The minimum absolute atomic E-state index is 3.64. The van der Waals surface area contributed by atoms with Crippen LogP contribution in [-0.2, 0) is 4.79 Å². The van der Waals surface area contributed by atoms with E-state index in [0.29, 0.717) is 0 Å². The van der Waals surface area contributed by atoms with Gasteiger partial charge in [0.2, 0.25) is 0 Å². The van der Waals surface area contributed by atoms with Crippen LogP contribution in [-0.4, -0.2) is 41.2 Å². The van der Waals surface area contributed by atoms with Crippen LogP contribution in [0.5, 0.6) is 0 Å². The molecule has 23 heavy (non-hydrogen) atoms. The van der Waals surface area contributed by atoms with Gasteiger partial charge in [-0.25, -0.2) is 9.18 Å². The fourth-order valence-corrected chi connectivity index (χ4v) is 1.01. The highest BCUT2D eigenvalue weighted by Crippen LogP contribution is 2.56. The van der Waals surface area contributed by atoms with Crippen LogP contribution in [0.1, 0.15) is 0 Å². The van der Waals surface area contributed by atoms with Gasteiger partial charge in [-0.05, 0) is 0 Å².